The van der Waals surface area contributed by atoms with Gasteiger partial charge in [-0.15, -0.1) is 34.2 Å². The highest BCUT2D eigenvalue weighted by molar-refractivity contribution is 14.0. The van der Waals surface area contributed by atoms with Gasteiger partial charge < -0.3 is 15.2 Å². The number of nitrogens with one attached hydrogen (secondary N) is 2. The Kier molecular flexibility index (Phi) is 10.8. The SMILES string of the molecule is CCCCNC(=NCc1nnc(C)n1C)NC1CCN(Cc2ccc(F)c(F)c2)CC1.I. The van der Waals surface area contributed by atoms with Gasteiger partial charge in [-0.1, -0.05) is 19.4 Å². The first-order valence-corrected chi connectivity index (χ1v) is 11.0. The van der Waals surface area contributed by atoms with Gasteiger partial charge in [0.1, 0.15) is 12.4 Å². The Morgan fingerprint density at radius 3 is 2.56 bits per heavy atom. The number of aryl methyl sites for hydroxylation is 1. The van der Waals surface area contributed by atoms with Crippen molar-refractivity contribution in [2.75, 3.05) is 19.6 Å². The number of rotatable bonds is 8. The number of piperidine rings is 1. The molecule has 0 radical (unpaired) electrons. The molecule has 0 aliphatic carbocycles. The second-order valence-corrected chi connectivity index (χ2v) is 8.11. The largest absolute Gasteiger partial charge is 0.356 e. The van der Waals surface area contributed by atoms with E-state index in [1.54, 1.807) is 6.07 Å². The summed E-state index contributed by atoms with van der Waals surface area (Å²) in [5, 5.41) is 15.3. The van der Waals surface area contributed by atoms with Crippen molar-refractivity contribution in [2.24, 2.45) is 12.0 Å². The van der Waals surface area contributed by atoms with Gasteiger partial charge in [0.05, 0.1) is 0 Å². The lowest BCUT2D eigenvalue weighted by atomic mass is 10.0. The predicted molar refractivity (Wildman–Crippen MR) is 133 cm³/mol. The maximum absolute atomic E-state index is 13.5. The number of likely N-dealkylation sites (tertiary alicyclic amines) is 1. The minimum atomic E-state index is -0.800. The molecule has 2 N–H and O–H groups in total. The number of unbranched alkanes of at least 4 members (excludes halogenated alkanes) is 1. The molecule has 0 atom stereocenters. The zero-order valence-corrected chi connectivity index (χ0v) is 21.4. The summed E-state index contributed by atoms with van der Waals surface area (Å²) in [6, 6.07) is 4.45. The van der Waals surface area contributed by atoms with E-state index in [9.17, 15) is 8.78 Å². The molecule has 2 heterocycles. The second-order valence-electron chi connectivity index (χ2n) is 8.11. The Labute approximate surface area is 206 Å². The lowest BCUT2D eigenvalue weighted by molar-refractivity contribution is 0.198. The molecule has 2 aromatic rings. The molecular formula is C22H34F2IN7. The summed E-state index contributed by atoms with van der Waals surface area (Å²) in [5.41, 5.74) is 0.799. The van der Waals surface area contributed by atoms with Crippen molar-refractivity contribution in [3.8, 4) is 0 Å². The molecular weight excluding hydrogens is 527 g/mol. The number of hydrogen-bond donors (Lipinski definition) is 2. The fraction of sp³-hybridized carbons (Fsp3) is 0.591. The lowest BCUT2D eigenvalue weighted by Crippen LogP contribution is -2.48. The predicted octanol–water partition coefficient (Wildman–Crippen LogP) is 3.52. The molecule has 1 aliphatic heterocycles. The van der Waals surface area contributed by atoms with Crippen molar-refractivity contribution >= 4 is 29.9 Å². The van der Waals surface area contributed by atoms with Crippen molar-refractivity contribution in [2.45, 2.75) is 58.7 Å². The van der Waals surface area contributed by atoms with Crippen LogP contribution in [-0.4, -0.2) is 51.3 Å². The summed E-state index contributed by atoms with van der Waals surface area (Å²) >= 11 is 0. The molecule has 0 spiro atoms. The van der Waals surface area contributed by atoms with Crippen LogP contribution in [0.5, 0.6) is 0 Å². The van der Waals surface area contributed by atoms with Gasteiger partial charge in [0.15, 0.2) is 23.4 Å². The smallest absolute Gasteiger partial charge is 0.191 e. The van der Waals surface area contributed by atoms with E-state index in [0.29, 0.717) is 19.1 Å². The summed E-state index contributed by atoms with van der Waals surface area (Å²) in [7, 11) is 1.94. The molecule has 3 rings (SSSR count). The van der Waals surface area contributed by atoms with Crippen LogP contribution >= 0.6 is 24.0 Å². The minimum Gasteiger partial charge on any atom is -0.356 e. The summed E-state index contributed by atoms with van der Waals surface area (Å²) in [4.78, 5) is 6.99. The van der Waals surface area contributed by atoms with Crippen molar-refractivity contribution in [3.63, 3.8) is 0 Å². The quantitative estimate of drug-likeness (QED) is 0.224. The van der Waals surface area contributed by atoms with Gasteiger partial charge in [-0.2, -0.15) is 0 Å². The number of halogens is 3. The standard InChI is InChI=1S/C22H33F2N7.HI/c1-4-5-10-25-22(26-14-21-29-28-16(2)30(21)3)27-18-8-11-31(12-9-18)15-17-6-7-19(23)20(24)13-17;/h6-7,13,18H,4-5,8-12,14-15H2,1-3H3,(H2,25,26,27);1H. The Bertz CT molecular complexity index is 879. The first-order valence-electron chi connectivity index (χ1n) is 11.0. The van der Waals surface area contributed by atoms with Gasteiger partial charge in [0, 0.05) is 39.3 Å². The number of aliphatic imine (C=N–C) groups is 1. The second kappa shape index (κ2) is 13.0. The normalized spacial score (nSPS) is 15.5. The Balaban J connectivity index is 0.00000363. The van der Waals surface area contributed by atoms with Gasteiger partial charge in [-0.05, 0) is 43.9 Å². The Morgan fingerprint density at radius 2 is 1.94 bits per heavy atom. The molecule has 178 valence electrons. The van der Waals surface area contributed by atoms with E-state index in [4.69, 9.17) is 4.99 Å². The van der Waals surface area contributed by atoms with E-state index < -0.39 is 11.6 Å². The van der Waals surface area contributed by atoms with E-state index >= 15 is 0 Å². The Hall–Kier alpha value is -1.82. The number of guanidine groups is 1. The summed E-state index contributed by atoms with van der Waals surface area (Å²) in [5.74, 6) is 0.910. The average molecular weight is 561 g/mol. The van der Waals surface area contributed by atoms with Crippen molar-refractivity contribution < 1.29 is 8.78 Å². The van der Waals surface area contributed by atoms with Gasteiger partial charge in [-0.3, -0.25) is 4.90 Å². The van der Waals surface area contributed by atoms with E-state index in [-0.39, 0.29) is 24.0 Å². The number of hydrogen-bond acceptors (Lipinski definition) is 4. The third kappa shape index (κ3) is 7.65. The first-order chi connectivity index (χ1) is 15.0. The molecule has 1 aliphatic rings. The van der Waals surface area contributed by atoms with Gasteiger partial charge in [0.25, 0.3) is 0 Å². The van der Waals surface area contributed by atoms with E-state index in [1.165, 1.54) is 12.1 Å². The molecule has 7 nitrogen and oxygen atoms in total. The van der Waals surface area contributed by atoms with Crippen LogP contribution in [0.1, 0.15) is 49.8 Å². The third-order valence-electron chi connectivity index (χ3n) is 5.70. The van der Waals surface area contributed by atoms with E-state index in [0.717, 1.165) is 68.5 Å². The highest BCUT2D eigenvalue weighted by Gasteiger charge is 2.20. The van der Waals surface area contributed by atoms with Crippen LogP contribution in [0, 0.1) is 18.6 Å². The van der Waals surface area contributed by atoms with Crippen LogP contribution in [0.4, 0.5) is 8.78 Å². The van der Waals surface area contributed by atoms with E-state index in [2.05, 4.69) is 32.7 Å². The van der Waals surface area contributed by atoms with Crippen LogP contribution in [0.3, 0.4) is 0 Å². The van der Waals surface area contributed by atoms with Crippen molar-refractivity contribution in [1.29, 1.82) is 0 Å². The van der Waals surface area contributed by atoms with E-state index in [1.807, 2.05) is 18.5 Å². The highest BCUT2D eigenvalue weighted by atomic mass is 127. The molecule has 1 saturated heterocycles. The number of nitrogens with zero attached hydrogens (tertiary/aromatic N) is 5. The van der Waals surface area contributed by atoms with Crippen molar-refractivity contribution in [1.82, 2.24) is 30.3 Å². The molecule has 1 aromatic heterocycles. The van der Waals surface area contributed by atoms with Crippen molar-refractivity contribution in [3.05, 3.63) is 47.0 Å². The molecule has 32 heavy (non-hydrogen) atoms. The molecule has 0 amide bonds. The third-order valence-corrected chi connectivity index (χ3v) is 5.70. The summed E-state index contributed by atoms with van der Waals surface area (Å²) in [6.07, 6.45) is 4.12. The minimum absolute atomic E-state index is 0. The zero-order chi connectivity index (χ0) is 22.2. The highest BCUT2D eigenvalue weighted by Crippen LogP contribution is 2.16. The van der Waals surface area contributed by atoms with Crippen LogP contribution in [0.15, 0.2) is 23.2 Å². The van der Waals surface area contributed by atoms with Crippen LogP contribution in [-0.2, 0) is 20.1 Å². The molecule has 1 aromatic carbocycles. The van der Waals surface area contributed by atoms with Gasteiger partial charge in [0.2, 0.25) is 0 Å². The maximum Gasteiger partial charge on any atom is 0.191 e. The summed E-state index contributed by atoms with van der Waals surface area (Å²) in [6.45, 7) is 7.83. The number of benzene rings is 1. The Morgan fingerprint density at radius 1 is 1.19 bits per heavy atom. The molecule has 1 fully saturated rings. The molecule has 0 saturated carbocycles. The van der Waals surface area contributed by atoms with Crippen LogP contribution < -0.4 is 10.6 Å². The molecule has 10 heteroatoms. The average Bonchev–Trinajstić information content (AvgIpc) is 3.08. The molecule has 0 unspecified atom stereocenters. The first kappa shape index (κ1) is 26.4. The van der Waals surface area contributed by atoms with Crippen LogP contribution in [0.2, 0.25) is 0 Å². The number of aromatic nitrogens is 3. The fourth-order valence-electron chi connectivity index (χ4n) is 3.60. The lowest BCUT2D eigenvalue weighted by Gasteiger charge is -2.33. The zero-order valence-electron chi connectivity index (χ0n) is 19.1. The monoisotopic (exact) mass is 561 g/mol. The maximum atomic E-state index is 13.5. The summed E-state index contributed by atoms with van der Waals surface area (Å²) < 4.78 is 28.5. The van der Waals surface area contributed by atoms with Gasteiger partial charge in [-0.25, -0.2) is 13.8 Å². The molecule has 0 bridgehead atoms. The fourth-order valence-corrected chi connectivity index (χ4v) is 3.60. The van der Waals surface area contributed by atoms with Gasteiger partial charge >= 0.3 is 0 Å². The topological polar surface area (TPSA) is 70.4 Å². The van der Waals surface area contributed by atoms with Crippen LogP contribution in [0.25, 0.3) is 0 Å².